The van der Waals surface area contributed by atoms with Crippen LogP contribution in [-0.2, 0) is 4.79 Å². The average molecular weight is 238 g/mol. The van der Waals surface area contributed by atoms with E-state index in [2.05, 4.69) is 15.3 Å². The Labute approximate surface area is 101 Å². The number of carbonyl (C=O) groups is 1. The lowest BCUT2D eigenvalue weighted by atomic mass is 10.3. The van der Waals surface area contributed by atoms with Crippen molar-refractivity contribution in [2.45, 2.75) is 19.8 Å². The van der Waals surface area contributed by atoms with Crippen molar-refractivity contribution in [1.29, 1.82) is 0 Å². The fourth-order valence-electron chi connectivity index (χ4n) is 1.42. The minimum atomic E-state index is -0.769. The predicted molar refractivity (Wildman–Crippen MR) is 66.3 cm³/mol. The zero-order chi connectivity index (χ0) is 12.7. The number of carboxylic acid groups (broad SMARTS) is 1. The summed E-state index contributed by atoms with van der Waals surface area (Å²) in [5.41, 5.74) is 0. The van der Waals surface area contributed by atoms with Gasteiger partial charge in [0.2, 0.25) is 0 Å². The highest BCUT2D eigenvalue weighted by Crippen LogP contribution is 2.12. The van der Waals surface area contributed by atoms with Gasteiger partial charge in [-0.25, -0.2) is 9.97 Å². The third-order valence-corrected chi connectivity index (χ3v) is 2.29. The fraction of sp³-hybridized carbons (Fsp3) is 0.545. The molecular weight excluding hydrogens is 220 g/mol. The van der Waals surface area contributed by atoms with Crippen LogP contribution in [0.5, 0.6) is 0 Å². The van der Waals surface area contributed by atoms with Crippen LogP contribution in [0.25, 0.3) is 0 Å². The van der Waals surface area contributed by atoms with Crippen molar-refractivity contribution in [3.63, 3.8) is 0 Å². The number of hydrogen-bond donors (Lipinski definition) is 2. The Morgan fingerprint density at radius 1 is 1.53 bits per heavy atom. The second-order valence-electron chi connectivity index (χ2n) is 3.71. The van der Waals surface area contributed by atoms with Gasteiger partial charge in [-0.1, -0.05) is 0 Å². The molecule has 0 amide bonds. The number of aromatic nitrogens is 2. The molecule has 1 aromatic rings. The Hall–Kier alpha value is -1.85. The number of rotatable bonds is 7. The number of hydrogen-bond acceptors (Lipinski definition) is 5. The second kappa shape index (κ2) is 6.67. The first kappa shape index (κ1) is 13.2. The number of carboxylic acids is 1. The van der Waals surface area contributed by atoms with E-state index >= 15 is 0 Å². The summed E-state index contributed by atoms with van der Waals surface area (Å²) in [6.07, 6.45) is 2.28. The van der Waals surface area contributed by atoms with E-state index in [1.54, 1.807) is 0 Å². The first-order valence-corrected chi connectivity index (χ1v) is 5.62. The van der Waals surface area contributed by atoms with E-state index in [4.69, 9.17) is 5.11 Å². The molecule has 2 N–H and O–H groups in total. The van der Waals surface area contributed by atoms with Crippen LogP contribution in [0.2, 0.25) is 0 Å². The van der Waals surface area contributed by atoms with Crippen LogP contribution in [0.1, 0.15) is 19.8 Å². The van der Waals surface area contributed by atoms with Crippen LogP contribution in [0.15, 0.2) is 12.4 Å². The Balaban J connectivity index is 2.52. The summed E-state index contributed by atoms with van der Waals surface area (Å²) >= 11 is 0. The van der Waals surface area contributed by atoms with Gasteiger partial charge in [-0.05, 0) is 13.3 Å². The van der Waals surface area contributed by atoms with Crippen LogP contribution in [0, 0.1) is 0 Å². The molecule has 0 aliphatic rings. The van der Waals surface area contributed by atoms with Gasteiger partial charge in [-0.2, -0.15) is 0 Å². The normalized spacial score (nSPS) is 10.0. The van der Waals surface area contributed by atoms with Gasteiger partial charge in [0.05, 0.1) is 0 Å². The molecule has 6 heteroatoms. The predicted octanol–water partition coefficient (Wildman–Crippen LogP) is 1.21. The van der Waals surface area contributed by atoms with Crippen molar-refractivity contribution in [1.82, 2.24) is 9.97 Å². The highest BCUT2D eigenvalue weighted by Gasteiger charge is 2.05. The van der Waals surface area contributed by atoms with Crippen LogP contribution >= 0.6 is 0 Å². The molecule has 17 heavy (non-hydrogen) atoms. The standard InChI is InChI=1S/C11H18N4O2/c1-3-12-9-7-10(14-8-13-9)15(2)6-4-5-11(16)17/h7-8H,3-6H2,1-2H3,(H,16,17)(H,12,13,14). The molecule has 1 heterocycles. The zero-order valence-electron chi connectivity index (χ0n) is 10.2. The zero-order valence-corrected chi connectivity index (χ0v) is 10.2. The Morgan fingerprint density at radius 2 is 2.29 bits per heavy atom. The largest absolute Gasteiger partial charge is 0.481 e. The lowest BCUT2D eigenvalue weighted by Crippen LogP contribution is -2.20. The van der Waals surface area contributed by atoms with E-state index in [1.807, 2.05) is 24.9 Å². The lowest BCUT2D eigenvalue weighted by Gasteiger charge is -2.17. The van der Waals surface area contributed by atoms with Gasteiger partial charge >= 0.3 is 5.97 Å². The van der Waals surface area contributed by atoms with E-state index in [-0.39, 0.29) is 6.42 Å². The lowest BCUT2D eigenvalue weighted by molar-refractivity contribution is -0.137. The van der Waals surface area contributed by atoms with E-state index in [1.165, 1.54) is 6.33 Å². The Morgan fingerprint density at radius 3 is 2.94 bits per heavy atom. The summed E-state index contributed by atoms with van der Waals surface area (Å²) in [4.78, 5) is 20.5. The molecular formula is C11H18N4O2. The molecule has 0 aromatic carbocycles. The van der Waals surface area contributed by atoms with Crippen LogP contribution in [0.4, 0.5) is 11.6 Å². The molecule has 0 aliphatic carbocycles. The summed E-state index contributed by atoms with van der Waals surface area (Å²) in [6, 6.07) is 1.85. The topological polar surface area (TPSA) is 78.4 Å². The molecule has 0 saturated carbocycles. The maximum Gasteiger partial charge on any atom is 0.303 e. The van der Waals surface area contributed by atoms with Crippen molar-refractivity contribution < 1.29 is 9.90 Å². The first-order chi connectivity index (χ1) is 8.13. The van der Waals surface area contributed by atoms with Crippen molar-refractivity contribution in [2.75, 3.05) is 30.4 Å². The van der Waals surface area contributed by atoms with Gasteiger partial charge in [0.1, 0.15) is 18.0 Å². The molecule has 0 spiro atoms. The summed E-state index contributed by atoms with van der Waals surface area (Å²) in [6.45, 7) is 3.46. The second-order valence-corrected chi connectivity index (χ2v) is 3.71. The third-order valence-electron chi connectivity index (χ3n) is 2.29. The van der Waals surface area contributed by atoms with Gasteiger partial charge in [0.25, 0.3) is 0 Å². The van der Waals surface area contributed by atoms with Crippen LogP contribution < -0.4 is 10.2 Å². The van der Waals surface area contributed by atoms with E-state index in [0.717, 1.165) is 18.2 Å². The smallest absolute Gasteiger partial charge is 0.303 e. The quantitative estimate of drug-likeness (QED) is 0.743. The molecule has 6 nitrogen and oxygen atoms in total. The Kier molecular flexibility index (Phi) is 5.19. The number of anilines is 2. The van der Waals surface area contributed by atoms with Gasteiger partial charge in [0.15, 0.2) is 0 Å². The van der Waals surface area contributed by atoms with Crippen molar-refractivity contribution >= 4 is 17.6 Å². The fourth-order valence-corrected chi connectivity index (χ4v) is 1.42. The molecule has 0 radical (unpaired) electrons. The van der Waals surface area contributed by atoms with E-state index in [0.29, 0.717) is 13.0 Å². The van der Waals surface area contributed by atoms with Gasteiger partial charge in [0, 0.05) is 32.6 Å². The maximum absolute atomic E-state index is 10.4. The summed E-state index contributed by atoms with van der Waals surface area (Å²) in [5.74, 6) is 0.804. The first-order valence-electron chi connectivity index (χ1n) is 5.62. The van der Waals surface area contributed by atoms with Gasteiger partial charge in [-0.3, -0.25) is 4.79 Å². The molecule has 0 bridgehead atoms. The molecule has 94 valence electrons. The maximum atomic E-state index is 10.4. The van der Waals surface area contributed by atoms with Crippen LogP contribution in [-0.4, -0.2) is 41.2 Å². The van der Waals surface area contributed by atoms with Gasteiger partial charge < -0.3 is 15.3 Å². The monoisotopic (exact) mass is 238 g/mol. The van der Waals surface area contributed by atoms with E-state index < -0.39 is 5.97 Å². The van der Waals surface area contributed by atoms with Gasteiger partial charge in [-0.15, -0.1) is 0 Å². The molecule has 1 rings (SSSR count). The summed E-state index contributed by atoms with van der Waals surface area (Å²) < 4.78 is 0. The molecule has 0 saturated heterocycles. The van der Waals surface area contributed by atoms with Crippen molar-refractivity contribution in [3.8, 4) is 0 Å². The number of nitrogens with one attached hydrogen (secondary N) is 1. The molecule has 0 atom stereocenters. The molecule has 1 aromatic heterocycles. The highest BCUT2D eigenvalue weighted by atomic mass is 16.4. The van der Waals surface area contributed by atoms with Crippen molar-refractivity contribution in [2.24, 2.45) is 0 Å². The Bertz CT molecular complexity index is 370. The summed E-state index contributed by atoms with van der Waals surface area (Å²) in [5, 5.41) is 11.7. The van der Waals surface area contributed by atoms with Crippen molar-refractivity contribution in [3.05, 3.63) is 12.4 Å². The molecule has 0 aliphatic heterocycles. The SMILES string of the molecule is CCNc1cc(N(C)CCCC(=O)O)ncn1. The van der Waals surface area contributed by atoms with E-state index in [9.17, 15) is 4.79 Å². The number of nitrogens with zero attached hydrogens (tertiary/aromatic N) is 3. The number of aliphatic carboxylic acids is 1. The minimum absolute atomic E-state index is 0.176. The molecule has 0 fully saturated rings. The third kappa shape index (κ3) is 4.67. The average Bonchev–Trinajstić information content (AvgIpc) is 2.29. The summed E-state index contributed by atoms with van der Waals surface area (Å²) in [7, 11) is 1.89. The minimum Gasteiger partial charge on any atom is -0.481 e. The van der Waals surface area contributed by atoms with Crippen LogP contribution in [0.3, 0.4) is 0 Å². The highest BCUT2D eigenvalue weighted by molar-refractivity contribution is 5.66. The molecule has 0 unspecified atom stereocenters.